The minimum atomic E-state index is -0.432. The summed E-state index contributed by atoms with van der Waals surface area (Å²) in [4.78, 5) is 17.0. The first-order chi connectivity index (χ1) is 14.8. The molecule has 0 bridgehead atoms. The minimum Gasteiger partial charge on any atom is -0.494 e. The number of hydrogen-bond donors (Lipinski definition) is 1. The van der Waals surface area contributed by atoms with Gasteiger partial charge in [-0.05, 0) is 84.8 Å². The molecule has 168 valence electrons. The van der Waals surface area contributed by atoms with Crippen molar-refractivity contribution in [2.75, 3.05) is 6.61 Å². The fourth-order valence-corrected chi connectivity index (χ4v) is 4.17. The molecule has 0 spiro atoms. The van der Waals surface area contributed by atoms with Crippen LogP contribution >= 0.6 is 27.5 Å². The number of nitrogens with zero attached hydrogens (tertiary/aromatic N) is 1. The van der Waals surface area contributed by atoms with E-state index in [1.807, 2.05) is 44.2 Å². The Kier molecular flexibility index (Phi) is 8.61. The lowest BCUT2D eigenvalue weighted by atomic mass is 9.85. The van der Waals surface area contributed by atoms with Gasteiger partial charge in [0.2, 0.25) is 5.91 Å². The summed E-state index contributed by atoms with van der Waals surface area (Å²) in [5.74, 6) is 1.69. The fourth-order valence-electron chi connectivity index (χ4n) is 3.70. The van der Waals surface area contributed by atoms with Crippen LogP contribution in [0.15, 0.2) is 47.2 Å². The van der Waals surface area contributed by atoms with Crippen molar-refractivity contribution < 1.29 is 14.3 Å². The Balaban J connectivity index is 1.36. The van der Waals surface area contributed by atoms with Crippen molar-refractivity contribution in [2.24, 2.45) is 5.41 Å². The van der Waals surface area contributed by atoms with Crippen LogP contribution in [0.5, 0.6) is 11.5 Å². The average molecular weight is 510 g/mol. The van der Waals surface area contributed by atoms with Crippen molar-refractivity contribution in [3.8, 4) is 11.5 Å². The number of pyridine rings is 1. The van der Waals surface area contributed by atoms with E-state index in [0.29, 0.717) is 11.6 Å². The zero-order chi connectivity index (χ0) is 22.3. The summed E-state index contributed by atoms with van der Waals surface area (Å²) < 4.78 is 12.7. The summed E-state index contributed by atoms with van der Waals surface area (Å²) in [7, 11) is 0. The van der Waals surface area contributed by atoms with Gasteiger partial charge in [0.1, 0.15) is 11.5 Å². The summed E-state index contributed by atoms with van der Waals surface area (Å²) in [6, 6.07) is 9.46. The maximum atomic E-state index is 12.8. The normalized spacial score (nSPS) is 19.0. The van der Waals surface area contributed by atoms with Gasteiger partial charge < -0.3 is 14.8 Å². The molecule has 1 saturated carbocycles. The summed E-state index contributed by atoms with van der Waals surface area (Å²) >= 11 is 9.30. The smallest absolute Gasteiger partial charge is 0.225 e. The molecular formula is C24H30BrClN2O3. The topological polar surface area (TPSA) is 60.5 Å². The maximum absolute atomic E-state index is 12.8. The van der Waals surface area contributed by atoms with Gasteiger partial charge in [-0.1, -0.05) is 25.4 Å². The molecule has 0 atom stereocenters. The quantitative estimate of drug-likeness (QED) is 0.410. The fraction of sp³-hybridized carbons (Fsp3) is 0.500. The molecule has 2 aromatic rings. The van der Waals surface area contributed by atoms with Gasteiger partial charge in [0, 0.05) is 27.1 Å². The Bertz CT molecular complexity index is 852. The molecule has 1 heterocycles. The number of nitrogens with one attached hydrogen (secondary N) is 1. The summed E-state index contributed by atoms with van der Waals surface area (Å²) in [6.45, 7) is 4.57. The van der Waals surface area contributed by atoms with Crippen LogP contribution in [0.3, 0.4) is 0 Å². The number of ether oxygens (including phenoxy) is 2. The molecule has 0 aliphatic heterocycles. The predicted octanol–water partition coefficient (Wildman–Crippen LogP) is 6.19. The van der Waals surface area contributed by atoms with E-state index < -0.39 is 5.41 Å². The Morgan fingerprint density at radius 2 is 1.87 bits per heavy atom. The highest BCUT2D eigenvalue weighted by molar-refractivity contribution is 9.10. The largest absolute Gasteiger partial charge is 0.494 e. The van der Waals surface area contributed by atoms with Gasteiger partial charge in [-0.25, -0.2) is 0 Å². The lowest BCUT2D eigenvalue weighted by Gasteiger charge is -2.32. The Hall–Kier alpha value is -1.79. The van der Waals surface area contributed by atoms with Crippen LogP contribution in [0.1, 0.15) is 52.4 Å². The third-order valence-electron chi connectivity index (χ3n) is 5.64. The van der Waals surface area contributed by atoms with E-state index in [2.05, 4.69) is 26.2 Å². The summed E-state index contributed by atoms with van der Waals surface area (Å²) in [5.41, 5.74) is -0.432. The zero-order valence-corrected chi connectivity index (χ0v) is 20.4. The van der Waals surface area contributed by atoms with Crippen molar-refractivity contribution in [3.63, 3.8) is 0 Å². The van der Waals surface area contributed by atoms with Crippen molar-refractivity contribution in [1.29, 1.82) is 0 Å². The molecule has 0 saturated heterocycles. The number of rotatable bonds is 9. The number of amides is 1. The number of aromatic nitrogens is 1. The number of hydrogen-bond acceptors (Lipinski definition) is 4. The van der Waals surface area contributed by atoms with Gasteiger partial charge in [0.25, 0.3) is 0 Å². The second-order valence-corrected chi connectivity index (χ2v) is 10.0. The molecule has 0 radical (unpaired) electrons. The van der Waals surface area contributed by atoms with Crippen molar-refractivity contribution in [3.05, 3.63) is 52.2 Å². The molecule has 5 nitrogen and oxygen atoms in total. The zero-order valence-electron chi connectivity index (χ0n) is 18.1. The average Bonchev–Trinajstić information content (AvgIpc) is 2.74. The second kappa shape index (κ2) is 11.2. The number of halogens is 2. The van der Waals surface area contributed by atoms with E-state index >= 15 is 0 Å². The molecule has 1 N–H and O–H groups in total. The highest BCUT2D eigenvalue weighted by Gasteiger charge is 2.31. The van der Waals surface area contributed by atoms with Gasteiger partial charge in [-0.15, -0.1) is 0 Å². The highest BCUT2D eigenvalue weighted by Crippen LogP contribution is 2.28. The van der Waals surface area contributed by atoms with Crippen LogP contribution < -0.4 is 14.8 Å². The van der Waals surface area contributed by atoms with Crippen molar-refractivity contribution in [2.45, 2.75) is 64.5 Å². The molecule has 3 rings (SSSR count). The predicted molar refractivity (Wildman–Crippen MR) is 127 cm³/mol. The molecule has 31 heavy (non-hydrogen) atoms. The molecule has 1 aromatic heterocycles. The first kappa shape index (κ1) is 23.9. The second-order valence-electron chi connectivity index (χ2n) is 8.69. The Labute approximate surface area is 198 Å². The first-order valence-electron chi connectivity index (χ1n) is 10.8. The number of benzene rings is 1. The summed E-state index contributed by atoms with van der Waals surface area (Å²) in [5, 5.41) is 3.94. The molecule has 1 amide bonds. The van der Waals surface area contributed by atoms with E-state index in [9.17, 15) is 4.79 Å². The van der Waals surface area contributed by atoms with Crippen LogP contribution in [0.2, 0.25) is 5.02 Å². The van der Waals surface area contributed by atoms with Gasteiger partial charge in [-0.3, -0.25) is 9.78 Å². The van der Waals surface area contributed by atoms with Crippen LogP contribution in [-0.2, 0) is 4.79 Å². The Morgan fingerprint density at radius 1 is 1.16 bits per heavy atom. The molecule has 1 aromatic carbocycles. The Morgan fingerprint density at radius 3 is 2.55 bits per heavy atom. The van der Waals surface area contributed by atoms with Crippen LogP contribution in [0.4, 0.5) is 0 Å². The van der Waals surface area contributed by atoms with E-state index in [1.165, 1.54) is 0 Å². The van der Waals surface area contributed by atoms with Gasteiger partial charge in [0.05, 0.1) is 18.9 Å². The third kappa shape index (κ3) is 7.69. The van der Waals surface area contributed by atoms with Crippen LogP contribution in [0.25, 0.3) is 0 Å². The minimum absolute atomic E-state index is 0.111. The SMILES string of the molecule is CC(C)(CCCOc1ccc(Cl)cc1)C(=O)NC1CCC(Oc2cncc(Br)c2)CC1. The monoisotopic (exact) mass is 508 g/mol. The van der Waals surface area contributed by atoms with Crippen LogP contribution in [-0.4, -0.2) is 29.6 Å². The molecular weight excluding hydrogens is 480 g/mol. The van der Waals surface area contributed by atoms with E-state index in [-0.39, 0.29) is 18.1 Å². The van der Waals surface area contributed by atoms with Crippen molar-refractivity contribution >= 4 is 33.4 Å². The van der Waals surface area contributed by atoms with Gasteiger partial charge >= 0.3 is 0 Å². The maximum Gasteiger partial charge on any atom is 0.225 e. The van der Waals surface area contributed by atoms with Crippen LogP contribution in [0, 0.1) is 5.41 Å². The lowest BCUT2D eigenvalue weighted by Crippen LogP contribution is -2.45. The number of carbonyl (C=O) groups excluding carboxylic acids is 1. The van der Waals surface area contributed by atoms with Gasteiger partial charge in [0.15, 0.2) is 0 Å². The molecule has 1 fully saturated rings. The van der Waals surface area contributed by atoms with E-state index in [1.54, 1.807) is 12.4 Å². The summed E-state index contributed by atoms with van der Waals surface area (Å²) in [6.07, 6.45) is 8.91. The van der Waals surface area contributed by atoms with Crippen molar-refractivity contribution in [1.82, 2.24) is 10.3 Å². The molecule has 0 unspecified atom stereocenters. The van der Waals surface area contributed by atoms with Gasteiger partial charge in [-0.2, -0.15) is 0 Å². The molecule has 1 aliphatic rings. The number of carbonyl (C=O) groups is 1. The highest BCUT2D eigenvalue weighted by atomic mass is 79.9. The standard InChI is InChI=1S/C24H30BrClN2O3/c1-24(2,12-3-13-30-20-8-4-18(26)5-9-20)23(29)28-19-6-10-21(11-7-19)31-22-14-17(25)15-27-16-22/h4-5,8-9,14-16,19,21H,3,6-7,10-13H2,1-2H3,(H,28,29). The van der Waals surface area contributed by atoms with E-state index in [0.717, 1.165) is 54.5 Å². The van der Waals surface area contributed by atoms with E-state index in [4.69, 9.17) is 21.1 Å². The lowest BCUT2D eigenvalue weighted by molar-refractivity contribution is -0.130. The first-order valence-corrected chi connectivity index (χ1v) is 12.0. The molecule has 1 aliphatic carbocycles. The third-order valence-corrected chi connectivity index (χ3v) is 6.32. The molecule has 7 heteroatoms.